The van der Waals surface area contributed by atoms with Gasteiger partial charge < -0.3 is 9.84 Å². The van der Waals surface area contributed by atoms with E-state index in [9.17, 15) is 9.90 Å². The van der Waals surface area contributed by atoms with Gasteiger partial charge in [0.25, 0.3) is 0 Å². The van der Waals surface area contributed by atoms with Crippen molar-refractivity contribution < 1.29 is 14.6 Å². The van der Waals surface area contributed by atoms with Gasteiger partial charge in [-0.3, -0.25) is 0 Å². The molecule has 1 atom stereocenters. The molecule has 0 heterocycles. The van der Waals surface area contributed by atoms with Gasteiger partial charge in [0.15, 0.2) is 0 Å². The highest BCUT2D eigenvalue weighted by Crippen LogP contribution is 2.17. The van der Waals surface area contributed by atoms with Crippen molar-refractivity contribution in [3.63, 3.8) is 0 Å². The van der Waals surface area contributed by atoms with Crippen LogP contribution in [0, 0.1) is 24.2 Å². The maximum absolute atomic E-state index is 10.9. The first-order chi connectivity index (χ1) is 24.2. The van der Waals surface area contributed by atoms with Gasteiger partial charge in [0.1, 0.15) is 6.10 Å². The maximum atomic E-state index is 10.9. The second kappa shape index (κ2) is 42.2. The van der Waals surface area contributed by atoms with Crippen molar-refractivity contribution in [3.8, 4) is 24.2 Å². The van der Waals surface area contributed by atoms with Crippen LogP contribution in [0.25, 0.3) is 0 Å². The molecule has 0 spiro atoms. The lowest BCUT2D eigenvalue weighted by Gasteiger charge is -2.05. The first-order valence-electron chi connectivity index (χ1n) is 21.3. The number of esters is 1. The lowest BCUT2D eigenvalue weighted by molar-refractivity contribution is -0.133. The first kappa shape index (κ1) is 47.0. The second-order valence-corrected chi connectivity index (χ2v) is 14.4. The molecule has 0 aliphatic heterocycles. The number of aliphatic hydroxyl groups is 1. The zero-order valence-corrected chi connectivity index (χ0v) is 32.5. The minimum absolute atomic E-state index is 0.475. The molecule has 0 aromatic rings. The van der Waals surface area contributed by atoms with E-state index in [-0.39, 0.29) is 0 Å². The molecule has 0 aliphatic rings. The number of allylic oxidation sites excluding steroid dienone is 3. The number of ether oxygens (including phenoxy) is 1. The molecule has 282 valence electrons. The van der Waals surface area contributed by atoms with Gasteiger partial charge in [-0.05, 0) is 37.8 Å². The highest BCUT2D eigenvalue weighted by molar-refractivity contribution is 5.88. The molecule has 0 fully saturated rings. The highest BCUT2D eigenvalue weighted by Gasteiger charge is 1.98. The van der Waals surface area contributed by atoms with Crippen LogP contribution in [0.5, 0.6) is 0 Å². The molecule has 0 aromatic heterocycles. The van der Waals surface area contributed by atoms with E-state index in [0.29, 0.717) is 0 Å². The number of terminal acetylenes is 1. The number of carbonyl (C=O) groups is 1. The SMILES string of the molecule is C#CC(O)/C=C/CCCCCCCCCCCCCCCCCCCCCCCCCCCCCCCCCCC/C=C\C#CC(=O)OC. The zero-order valence-electron chi connectivity index (χ0n) is 32.5. The monoisotopic (exact) mass is 681 g/mol. The Kier molecular flexibility index (Phi) is 40.5. The Morgan fingerprint density at radius 2 is 0.776 bits per heavy atom. The average molecular weight is 681 g/mol. The van der Waals surface area contributed by atoms with E-state index >= 15 is 0 Å². The number of methoxy groups -OCH3 is 1. The van der Waals surface area contributed by atoms with Crippen LogP contribution in [-0.4, -0.2) is 24.3 Å². The van der Waals surface area contributed by atoms with Crippen LogP contribution in [-0.2, 0) is 9.53 Å². The standard InChI is InChI=1S/C46H80O3/c1-3-45(47)43-41-39-37-35-33-31-29-27-25-23-21-19-17-15-13-11-9-7-5-4-6-8-10-12-14-16-18-20-22-24-26-28-30-32-34-36-38-40-42-44-46(48)49-2/h1,38,40-41,43,45,47H,4-37,39H2,2H3/b40-38-,43-41+. The van der Waals surface area contributed by atoms with Crippen molar-refractivity contribution >= 4 is 5.97 Å². The Morgan fingerprint density at radius 3 is 1.04 bits per heavy atom. The summed E-state index contributed by atoms with van der Waals surface area (Å²) < 4.78 is 4.48. The van der Waals surface area contributed by atoms with Crippen LogP contribution in [0.3, 0.4) is 0 Å². The summed E-state index contributed by atoms with van der Waals surface area (Å²) in [6.45, 7) is 0. The van der Waals surface area contributed by atoms with E-state index in [1.54, 1.807) is 12.2 Å². The molecular weight excluding hydrogens is 601 g/mol. The fraction of sp³-hybridized carbons (Fsp3) is 0.804. The van der Waals surface area contributed by atoms with Crippen LogP contribution < -0.4 is 0 Å². The number of carbonyl (C=O) groups excluding carboxylic acids is 1. The number of hydrogen-bond acceptors (Lipinski definition) is 3. The quantitative estimate of drug-likeness (QED) is 0.0233. The fourth-order valence-electron chi connectivity index (χ4n) is 6.58. The lowest BCUT2D eigenvalue weighted by Crippen LogP contribution is -1.95. The van der Waals surface area contributed by atoms with Gasteiger partial charge in [-0.25, -0.2) is 4.79 Å². The summed E-state index contributed by atoms with van der Waals surface area (Å²) in [7, 11) is 1.35. The molecule has 0 radical (unpaired) electrons. The topological polar surface area (TPSA) is 46.5 Å². The third-order valence-electron chi connectivity index (χ3n) is 9.79. The Labute approximate surface area is 306 Å². The molecule has 0 rings (SSSR count). The van der Waals surface area contributed by atoms with E-state index in [1.807, 2.05) is 6.08 Å². The molecule has 3 heteroatoms. The van der Waals surface area contributed by atoms with Crippen LogP contribution in [0.4, 0.5) is 0 Å². The number of unbranched alkanes of at least 4 members (excludes halogenated alkanes) is 34. The van der Waals surface area contributed by atoms with Crippen molar-refractivity contribution in [1.82, 2.24) is 0 Å². The first-order valence-corrected chi connectivity index (χ1v) is 21.3. The maximum Gasteiger partial charge on any atom is 0.384 e. The van der Waals surface area contributed by atoms with Gasteiger partial charge >= 0.3 is 5.97 Å². The van der Waals surface area contributed by atoms with Crippen molar-refractivity contribution in [2.24, 2.45) is 0 Å². The summed E-state index contributed by atoms with van der Waals surface area (Å²) in [6, 6.07) is 0. The van der Waals surface area contributed by atoms with Crippen molar-refractivity contribution in [3.05, 3.63) is 24.3 Å². The Bertz CT molecular complexity index is 839. The molecule has 1 N–H and O–H groups in total. The van der Waals surface area contributed by atoms with Crippen LogP contribution >= 0.6 is 0 Å². The number of rotatable bonds is 37. The smallest absolute Gasteiger partial charge is 0.384 e. The molecule has 0 aliphatic carbocycles. The van der Waals surface area contributed by atoms with Gasteiger partial charge in [0.05, 0.1) is 7.11 Å². The van der Waals surface area contributed by atoms with Crippen molar-refractivity contribution in [1.29, 1.82) is 0 Å². The van der Waals surface area contributed by atoms with Crippen LogP contribution in [0.2, 0.25) is 0 Å². The summed E-state index contributed by atoms with van der Waals surface area (Å²) in [5, 5.41) is 9.27. The van der Waals surface area contributed by atoms with E-state index in [2.05, 4.69) is 28.6 Å². The molecule has 0 saturated carbocycles. The van der Waals surface area contributed by atoms with Crippen molar-refractivity contribution in [2.75, 3.05) is 7.11 Å². The molecule has 0 amide bonds. The van der Waals surface area contributed by atoms with Gasteiger partial charge in [0, 0.05) is 5.92 Å². The molecular formula is C46H80O3. The lowest BCUT2D eigenvalue weighted by atomic mass is 10.0. The van der Waals surface area contributed by atoms with Crippen LogP contribution in [0.15, 0.2) is 24.3 Å². The molecule has 1 unspecified atom stereocenters. The minimum atomic E-state index is -0.712. The normalized spacial score (nSPS) is 11.9. The predicted octanol–water partition coefficient (Wildman–Crippen LogP) is 13.9. The Balaban J connectivity index is 3.12. The molecule has 49 heavy (non-hydrogen) atoms. The predicted molar refractivity (Wildman–Crippen MR) is 215 cm³/mol. The van der Waals surface area contributed by atoms with Gasteiger partial charge in [0.2, 0.25) is 0 Å². The summed E-state index contributed by atoms with van der Waals surface area (Å²) in [5.74, 6) is 6.95. The summed E-state index contributed by atoms with van der Waals surface area (Å²) >= 11 is 0. The summed E-state index contributed by atoms with van der Waals surface area (Å²) in [4.78, 5) is 10.9. The van der Waals surface area contributed by atoms with Gasteiger partial charge in [-0.15, -0.1) is 6.42 Å². The number of aliphatic hydroxyl groups excluding tert-OH is 1. The van der Waals surface area contributed by atoms with E-state index < -0.39 is 12.1 Å². The van der Waals surface area contributed by atoms with Gasteiger partial charge in [-0.2, -0.15) is 0 Å². The Morgan fingerprint density at radius 1 is 0.510 bits per heavy atom. The van der Waals surface area contributed by atoms with Gasteiger partial charge in [-0.1, -0.05) is 223 Å². The zero-order chi connectivity index (χ0) is 35.6. The fourth-order valence-corrected chi connectivity index (χ4v) is 6.58. The third-order valence-corrected chi connectivity index (χ3v) is 9.79. The molecule has 0 bridgehead atoms. The minimum Gasteiger partial charge on any atom is -0.459 e. The number of hydrogen-bond donors (Lipinski definition) is 1. The summed E-state index contributed by atoms with van der Waals surface area (Å²) in [6.07, 6.45) is 60.6. The second-order valence-electron chi connectivity index (χ2n) is 14.4. The van der Waals surface area contributed by atoms with E-state index in [1.165, 1.54) is 219 Å². The third kappa shape index (κ3) is 42.1. The van der Waals surface area contributed by atoms with Crippen LogP contribution in [0.1, 0.15) is 225 Å². The highest BCUT2D eigenvalue weighted by atomic mass is 16.5. The average Bonchev–Trinajstić information content (AvgIpc) is 3.11. The van der Waals surface area contributed by atoms with E-state index in [4.69, 9.17) is 6.42 Å². The van der Waals surface area contributed by atoms with Crippen molar-refractivity contribution in [2.45, 2.75) is 231 Å². The largest absolute Gasteiger partial charge is 0.459 e. The van der Waals surface area contributed by atoms with E-state index in [0.717, 1.165) is 12.8 Å². The molecule has 3 nitrogen and oxygen atoms in total. The molecule has 0 saturated heterocycles. The molecule has 0 aromatic carbocycles. The Hall–Kier alpha value is -1.97. The summed E-state index contributed by atoms with van der Waals surface area (Å²) in [5.41, 5.74) is 0.